The summed E-state index contributed by atoms with van der Waals surface area (Å²) >= 11 is 0. The van der Waals surface area contributed by atoms with Crippen molar-refractivity contribution in [1.29, 1.82) is 0 Å². The molecule has 2 atom stereocenters. The SMILES string of the molecule is CC1CCc2ncc(OCCN3CCOC3=O)cc2CC1C. The van der Waals surface area contributed by atoms with E-state index in [0.29, 0.717) is 32.2 Å². The molecular formula is C17H24N2O3. The van der Waals surface area contributed by atoms with Crippen molar-refractivity contribution in [2.75, 3.05) is 26.3 Å². The summed E-state index contributed by atoms with van der Waals surface area (Å²) in [6.45, 7) is 6.80. The third kappa shape index (κ3) is 3.34. The lowest BCUT2D eigenvalue weighted by Gasteiger charge is -2.16. The van der Waals surface area contributed by atoms with E-state index in [9.17, 15) is 4.79 Å². The van der Waals surface area contributed by atoms with Crippen molar-refractivity contribution in [1.82, 2.24) is 9.88 Å². The lowest BCUT2D eigenvalue weighted by molar-refractivity contribution is 0.153. The van der Waals surface area contributed by atoms with Gasteiger partial charge in [0, 0.05) is 5.69 Å². The number of nitrogens with zero attached hydrogens (tertiary/aromatic N) is 2. The number of carbonyl (C=O) groups is 1. The van der Waals surface area contributed by atoms with Crippen LogP contribution in [0.25, 0.3) is 0 Å². The number of aromatic nitrogens is 1. The van der Waals surface area contributed by atoms with Gasteiger partial charge in [-0.1, -0.05) is 13.8 Å². The molecule has 1 fully saturated rings. The van der Waals surface area contributed by atoms with Crippen LogP contribution in [-0.2, 0) is 17.6 Å². The highest BCUT2D eigenvalue weighted by Crippen LogP contribution is 2.29. The van der Waals surface area contributed by atoms with Gasteiger partial charge in [0.1, 0.15) is 19.0 Å². The predicted octanol–water partition coefficient (Wildman–Crippen LogP) is 2.67. The van der Waals surface area contributed by atoms with E-state index in [4.69, 9.17) is 9.47 Å². The van der Waals surface area contributed by atoms with Crippen LogP contribution >= 0.6 is 0 Å². The number of cyclic esters (lactones) is 1. The minimum atomic E-state index is -0.244. The smallest absolute Gasteiger partial charge is 0.410 e. The Kier molecular flexibility index (Phi) is 4.50. The quantitative estimate of drug-likeness (QED) is 0.803. The number of hydrogen-bond donors (Lipinski definition) is 0. The van der Waals surface area contributed by atoms with E-state index in [0.717, 1.165) is 24.5 Å². The fourth-order valence-electron chi connectivity index (χ4n) is 3.10. The van der Waals surface area contributed by atoms with Gasteiger partial charge in [-0.25, -0.2) is 4.79 Å². The van der Waals surface area contributed by atoms with Crippen LogP contribution < -0.4 is 4.74 Å². The summed E-state index contributed by atoms with van der Waals surface area (Å²) in [6, 6.07) is 2.12. The van der Waals surface area contributed by atoms with Crippen LogP contribution in [0.2, 0.25) is 0 Å². The van der Waals surface area contributed by atoms with Crippen LogP contribution in [0.1, 0.15) is 31.5 Å². The summed E-state index contributed by atoms with van der Waals surface area (Å²) in [5.74, 6) is 2.21. The number of carbonyl (C=O) groups excluding carboxylic acids is 1. The molecule has 1 aromatic heterocycles. The van der Waals surface area contributed by atoms with Crippen molar-refractivity contribution in [3.05, 3.63) is 23.5 Å². The van der Waals surface area contributed by atoms with Crippen molar-refractivity contribution in [3.8, 4) is 5.75 Å². The van der Waals surface area contributed by atoms with Crippen molar-refractivity contribution in [2.45, 2.75) is 33.1 Å². The molecule has 2 unspecified atom stereocenters. The number of pyridine rings is 1. The zero-order valence-corrected chi connectivity index (χ0v) is 13.4. The first-order chi connectivity index (χ1) is 10.6. The molecule has 1 aliphatic heterocycles. The Morgan fingerprint density at radius 1 is 1.41 bits per heavy atom. The first kappa shape index (κ1) is 15.1. The highest BCUT2D eigenvalue weighted by Gasteiger charge is 2.22. The molecule has 2 aliphatic rings. The van der Waals surface area contributed by atoms with Crippen LogP contribution in [-0.4, -0.2) is 42.3 Å². The molecular weight excluding hydrogens is 280 g/mol. The summed E-state index contributed by atoms with van der Waals surface area (Å²) < 4.78 is 10.7. The molecule has 0 N–H and O–H groups in total. The zero-order chi connectivity index (χ0) is 15.5. The monoisotopic (exact) mass is 304 g/mol. The summed E-state index contributed by atoms with van der Waals surface area (Å²) in [7, 11) is 0. The predicted molar refractivity (Wildman–Crippen MR) is 83.0 cm³/mol. The number of hydrogen-bond acceptors (Lipinski definition) is 4. The fraction of sp³-hybridized carbons (Fsp3) is 0.647. The second-order valence-corrected chi connectivity index (χ2v) is 6.42. The third-order valence-corrected chi connectivity index (χ3v) is 4.86. The van der Waals surface area contributed by atoms with Gasteiger partial charge in [0.05, 0.1) is 19.3 Å². The Morgan fingerprint density at radius 3 is 3.05 bits per heavy atom. The first-order valence-electron chi connectivity index (χ1n) is 8.16. The van der Waals surface area contributed by atoms with E-state index in [-0.39, 0.29) is 6.09 Å². The Hall–Kier alpha value is -1.78. The summed E-state index contributed by atoms with van der Waals surface area (Å²) in [4.78, 5) is 17.6. The van der Waals surface area contributed by atoms with Crippen LogP contribution in [0.15, 0.2) is 12.3 Å². The number of ether oxygens (including phenoxy) is 2. The van der Waals surface area contributed by atoms with Crippen molar-refractivity contribution >= 4 is 6.09 Å². The maximum absolute atomic E-state index is 11.3. The second kappa shape index (κ2) is 6.55. The van der Waals surface area contributed by atoms with Gasteiger partial charge in [0.15, 0.2) is 0 Å². The van der Waals surface area contributed by atoms with Gasteiger partial charge in [-0.3, -0.25) is 4.98 Å². The van der Waals surface area contributed by atoms with Crippen LogP contribution in [0, 0.1) is 11.8 Å². The van der Waals surface area contributed by atoms with Gasteiger partial charge in [-0.2, -0.15) is 0 Å². The molecule has 1 aliphatic carbocycles. The van der Waals surface area contributed by atoms with Crippen molar-refractivity contribution in [2.24, 2.45) is 11.8 Å². The van der Waals surface area contributed by atoms with Crippen LogP contribution in [0.3, 0.4) is 0 Å². The summed E-state index contributed by atoms with van der Waals surface area (Å²) in [5, 5.41) is 0. The molecule has 22 heavy (non-hydrogen) atoms. The van der Waals surface area contributed by atoms with E-state index in [1.54, 1.807) is 4.90 Å². The Bertz CT molecular complexity index is 547. The van der Waals surface area contributed by atoms with Gasteiger partial charge in [-0.05, 0) is 42.7 Å². The summed E-state index contributed by atoms with van der Waals surface area (Å²) in [5.41, 5.74) is 2.53. The molecule has 5 nitrogen and oxygen atoms in total. The van der Waals surface area contributed by atoms with Crippen molar-refractivity contribution in [3.63, 3.8) is 0 Å². The number of fused-ring (bicyclic) bond motifs is 1. The third-order valence-electron chi connectivity index (χ3n) is 4.86. The van der Waals surface area contributed by atoms with Crippen molar-refractivity contribution < 1.29 is 14.3 Å². The highest BCUT2D eigenvalue weighted by atomic mass is 16.6. The van der Waals surface area contributed by atoms with E-state index < -0.39 is 0 Å². The number of aryl methyl sites for hydroxylation is 1. The molecule has 1 amide bonds. The Labute approximate surface area is 131 Å². The van der Waals surface area contributed by atoms with Crippen LogP contribution in [0.5, 0.6) is 5.75 Å². The lowest BCUT2D eigenvalue weighted by atomic mass is 9.90. The van der Waals surface area contributed by atoms with Gasteiger partial charge in [0.2, 0.25) is 0 Å². The molecule has 0 aromatic carbocycles. The molecule has 0 spiro atoms. The Balaban J connectivity index is 1.59. The average molecular weight is 304 g/mol. The van der Waals surface area contributed by atoms with Gasteiger partial charge >= 0.3 is 6.09 Å². The maximum Gasteiger partial charge on any atom is 0.410 e. The van der Waals surface area contributed by atoms with E-state index in [1.807, 2.05) is 6.20 Å². The minimum absolute atomic E-state index is 0.244. The number of amides is 1. The van der Waals surface area contributed by atoms with Gasteiger partial charge < -0.3 is 14.4 Å². The molecule has 1 aromatic rings. The number of rotatable bonds is 4. The molecule has 5 heteroatoms. The normalized spacial score (nSPS) is 24.6. The van der Waals surface area contributed by atoms with E-state index in [2.05, 4.69) is 24.9 Å². The van der Waals surface area contributed by atoms with Gasteiger partial charge in [-0.15, -0.1) is 0 Å². The van der Waals surface area contributed by atoms with Crippen LogP contribution in [0.4, 0.5) is 4.79 Å². The lowest BCUT2D eigenvalue weighted by Crippen LogP contribution is -2.29. The Morgan fingerprint density at radius 2 is 2.27 bits per heavy atom. The highest BCUT2D eigenvalue weighted by molar-refractivity contribution is 5.69. The molecule has 3 rings (SSSR count). The maximum atomic E-state index is 11.3. The zero-order valence-electron chi connectivity index (χ0n) is 13.4. The molecule has 0 bridgehead atoms. The topological polar surface area (TPSA) is 51.7 Å². The van der Waals surface area contributed by atoms with E-state index >= 15 is 0 Å². The average Bonchev–Trinajstić information content (AvgIpc) is 2.85. The first-order valence-corrected chi connectivity index (χ1v) is 8.16. The second-order valence-electron chi connectivity index (χ2n) is 6.42. The van der Waals surface area contributed by atoms with Gasteiger partial charge in [0.25, 0.3) is 0 Å². The molecule has 120 valence electrons. The molecule has 0 radical (unpaired) electrons. The largest absolute Gasteiger partial charge is 0.490 e. The molecule has 0 saturated carbocycles. The standard InChI is InChI=1S/C17H24N2O3/c1-12-3-4-16-14(9-13(12)2)10-15(11-18-16)21-7-5-19-6-8-22-17(19)20/h10-13H,3-9H2,1-2H3. The van der Waals surface area contributed by atoms with E-state index in [1.165, 1.54) is 17.7 Å². The summed E-state index contributed by atoms with van der Waals surface area (Å²) in [6.07, 6.45) is 4.89. The minimum Gasteiger partial charge on any atom is -0.490 e. The molecule has 1 saturated heterocycles. The fourth-order valence-corrected chi connectivity index (χ4v) is 3.10. The molecule has 2 heterocycles.